The molecule has 2 saturated heterocycles. The van der Waals surface area contributed by atoms with E-state index < -0.39 is 11.5 Å². The van der Waals surface area contributed by atoms with Crippen molar-refractivity contribution in [2.24, 2.45) is 5.92 Å². The van der Waals surface area contributed by atoms with Crippen molar-refractivity contribution in [1.82, 2.24) is 9.80 Å². The first kappa shape index (κ1) is 28.4. The monoisotopic (exact) mass is 520 g/mol. The fraction of sp³-hybridized carbons (Fsp3) is 0.536. The topological polar surface area (TPSA) is 84.5 Å². The number of piperidine rings is 2. The van der Waals surface area contributed by atoms with Crippen molar-refractivity contribution >= 4 is 17.6 Å². The third-order valence-corrected chi connectivity index (χ3v) is 7.95. The molecule has 2 aliphatic rings. The summed E-state index contributed by atoms with van der Waals surface area (Å²) >= 11 is 6.06. The summed E-state index contributed by atoms with van der Waals surface area (Å²) in [6.45, 7) is 8.46. The number of likely N-dealkylation sites (tertiary alicyclic amines) is 2. The van der Waals surface area contributed by atoms with Crippen LogP contribution >= 0.6 is 11.6 Å². The van der Waals surface area contributed by atoms with Gasteiger partial charge >= 0.3 is 5.97 Å². The summed E-state index contributed by atoms with van der Waals surface area (Å²) in [6, 6.07) is 11.9. The Bertz CT molecular complexity index is 1010. The van der Waals surface area contributed by atoms with Gasteiger partial charge in [0.1, 0.15) is 23.2 Å². The SMILES string of the molecule is Cc1cc(Cl)ccc1OC1CCN(CC2CCN(C(C)(Cc3ccc(F)cc3)C(=O)O)CC2)CC1.O. The maximum atomic E-state index is 13.3. The van der Waals surface area contributed by atoms with Crippen LogP contribution in [-0.2, 0) is 11.2 Å². The molecule has 0 bridgehead atoms. The molecule has 2 aliphatic heterocycles. The van der Waals surface area contributed by atoms with Crippen LogP contribution in [0.4, 0.5) is 4.39 Å². The summed E-state index contributed by atoms with van der Waals surface area (Å²) in [5, 5.41) is 10.8. The molecule has 0 aliphatic carbocycles. The van der Waals surface area contributed by atoms with Crippen molar-refractivity contribution in [3.05, 3.63) is 64.4 Å². The quantitative estimate of drug-likeness (QED) is 0.549. The van der Waals surface area contributed by atoms with Crippen LogP contribution < -0.4 is 4.74 Å². The third-order valence-electron chi connectivity index (χ3n) is 7.72. The Balaban J connectivity index is 0.00000361. The lowest BCUT2D eigenvalue weighted by molar-refractivity contribution is -0.151. The first-order valence-electron chi connectivity index (χ1n) is 12.6. The molecule has 2 aromatic rings. The second-order valence-corrected chi connectivity index (χ2v) is 10.8. The van der Waals surface area contributed by atoms with Gasteiger partial charge in [-0.15, -0.1) is 0 Å². The Kier molecular flexibility index (Phi) is 9.75. The number of carboxylic acids is 1. The molecule has 8 heteroatoms. The second-order valence-electron chi connectivity index (χ2n) is 10.3. The van der Waals surface area contributed by atoms with Gasteiger partial charge in [-0.1, -0.05) is 23.7 Å². The number of carbonyl (C=O) groups is 1. The predicted octanol–water partition coefficient (Wildman–Crippen LogP) is 4.60. The van der Waals surface area contributed by atoms with Gasteiger partial charge in [0.25, 0.3) is 0 Å². The molecular weight excluding hydrogens is 483 g/mol. The van der Waals surface area contributed by atoms with Crippen LogP contribution in [0.1, 0.15) is 43.7 Å². The molecule has 0 saturated carbocycles. The Morgan fingerprint density at radius 3 is 2.31 bits per heavy atom. The molecule has 2 heterocycles. The molecule has 0 spiro atoms. The number of carboxylic acid groups (broad SMARTS) is 1. The second kappa shape index (κ2) is 12.4. The van der Waals surface area contributed by atoms with Gasteiger partial charge < -0.3 is 20.2 Å². The van der Waals surface area contributed by atoms with E-state index in [-0.39, 0.29) is 17.4 Å². The summed E-state index contributed by atoms with van der Waals surface area (Å²) in [6.07, 6.45) is 4.61. The first-order valence-corrected chi connectivity index (χ1v) is 13.0. The van der Waals surface area contributed by atoms with Gasteiger partial charge in [0.15, 0.2) is 0 Å². The van der Waals surface area contributed by atoms with Crippen molar-refractivity contribution < 1.29 is 24.5 Å². The van der Waals surface area contributed by atoms with Gasteiger partial charge in [0, 0.05) is 31.1 Å². The maximum Gasteiger partial charge on any atom is 0.324 e. The number of ether oxygens (including phenoxy) is 1. The molecule has 1 atom stereocenters. The Hall–Kier alpha value is -2.19. The van der Waals surface area contributed by atoms with Gasteiger partial charge in [-0.25, -0.2) is 4.39 Å². The zero-order valence-electron chi connectivity index (χ0n) is 21.2. The van der Waals surface area contributed by atoms with Crippen LogP contribution in [0.5, 0.6) is 5.75 Å². The molecule has 36 heavy (non-hydrogen) atoms. The molecule has 1 unspecified atom stereocenters. The highest BCUT2D eigenvalue weighted by atomic mass is 35.5. The summed E-state index contributed by atoms with van der Waals surface area (Å²) in [4.78, 5) is 16.9. The molecule has 0 aromatic heterocycles. The van der Waals surface area contributed by atoms with E-state index in [0.29, 0.717) is 12.3 Å². The van der Waals surface area contributed by atoms with Crippen LogP contribution in [0.25, 0.3) is 0 Å². The zero-order chi connectivity index (χ0) is 25.0. The molecule has 2 aromatic carbocycles. The van der Waals surface area contributed by atoms with Crippen molar-refractivity contribution in [3.63, 3.8) is 0 Å². The van der Waals surface area contributed by atoms with Crippen molar-refractivity contribution in [2.45, 2.75) is 57.6 Å². The minimum absolute atomic E-state index is 0. The van der Waals surface area contributed by atoms with E-state index in [9.17, 15) is 14.3 Å². The lowest BCUT2D eigenvalue weighted by atomic mass is 9.86. The standard InChI is InChI=1S/C28H36ClFN2O3.H2O/c1-20-17-23(29)5-8-26(20)35-25-11-13-31(14-12-25)19-22-9-15-32(16-10-22)28(2,27(33)34)18-21-3-6-24(30)7-4-21;/h3-8,17,22,25H,9-16,18-19H2,1-2H3,(H,33,34);1H2. The fourth-order valence-electron chi connectivity index (χ4n) is 5.43. The number of benzene rings is 2. The Labute approximate surface area is 218 Å². The van der Waals surface area contributed by atoms with Crippen LogP contribution in [0, 0.1) is 18.7 Å². The third kappa shape index (κ3) is 6.97. The highest BCUT2D eigenvalue weighted by molar-refractivity contribution is 6.30. The van der Waals surface area contributed by atoms with Crippen LogP contribution in [-0.4, -0.2) is 70.7 Å². The van der Waals surface area contributed by atoms with E-state index in [1.165, 1.54) is 12.1 Å². The number of rotatable bonds is 8. The van der Waals surface area contributed by atoms with Gasteiger partial charge in [-0.3, -0.25) is 9.69 Å². The van der Waals surface area contributed by atoms with E-state index in [2.05, 4.69) is 9.80 Å². The van der Waals surface area contributed by atoms with E-state index in [0.717, 1.165) is 80.3 Å². The Morgan fingerprint density at radius 2 is 1.72 bits per heavy atom. The molecule has 6 nitrogen and oxygen atoms in total. The predicted molar refractivity (Wildman–Crippen MR) is 140 cm³/mol. The average molecular weight is 521 g/mol. The number of halogens is 2. The fourth-order valence-corrected chi connectivity index (χ4v) is 5.66. The number of aliphatic carboxylic acids is 1. The van der Waals surface area contributed by atoms with E-state index in [1.807, 2.05) is 25.1 Å². The number of hydrogen-bond acceptors (Lipinski definition) is 4. The van der Waals surface area contributed by atoms with Gasteiger partial charge in [-0.2, -0.15) is 0 Å². The van der Waals surface area contributed by atoms with Crippen molar-refractivity contribution in [2.75, 3.05) is 32.7 Å². The summed E-state index contributed by atoms with van der Waals surface area (Å²) in [5.74, 6) is 0.369. The minimum atomic E-state index is -0.988. The van der Waals surface area contributed by atoms with Crippen LogP contribution in [0.2, 0.25) is 5.02 Å². The highest BCUT2D eigenvalue weighted by Crippen LogP contribution is 2.30. The van der Waals surface area contributed by atoms with Gasteiger partial charge in [0.2, 0.25) is 0 Å². The van der Waals surface area contributed by atoms with E-state index in [1.54, 1.807) is 19.1 Å². The molecular formula is C28H38ClFN2O4. The number of hydrogen-bond donors (Lipinski definition) is 1. The van der Waals surface area contributed by atoms with Crippen LogP contribution in [0.3, 0.4) is 0 Å². The minimum Gasteiger partial charge on any atom is -0.490 e. The first-order chi connectivity index (χ1) is 16.7. The van der Waals surface area contributed by atoms with E-state index in [4.69, 9.17) is 16.3 Å². The van der Waals surface area contributed by atoms with Gasteiger partial charge in [-0.05, 0) is 100.0 Å². The number of aryl methyl sites for hydroxylation is 1. The summed E-state index contributed by atoms with van der Waals surface area (Å²) in [7, 11) is 0. The molecule has 198 valence electrons. The lowest BCUT2D eigenvalue weighted by Gasteiger charge is -2.43. The van der Waals surface area contributed by atoms with Crippen molar-refractivity contribution in [3.8, 4) is 5.75 Å². The number of nitrogens with zero attached hydrogens (tertiary/aromatic N) is 2. The Morgan fingerprint density at radius 1 is 1.08 bits per heavy atom. The van der Waals surface area contributed by atoms with E-state index >= 15 is 0 Å². The largest absolute Gasteiger partial charge is 0.490 e. The molecule has 4 rings (SSSR count). The van der Waals surface area contributed by atoms with Crippen LogP contribution in [0.15, 0.2) is 42.5 Å². The molecule has 0 amide bonds. The molecule has 2 fully saturated rings. The van der Waals surface area contributed by atoms with Crippen molar-refractivity contribution in [1.29, 1.82) is 0 Å². The van der Waals surface area contributed by atoms with Gasteiger partial charge in [0.05, 0.1) is 0 Å². The molecule has 3 N–H and O–H groups in total. The average Bonchev–Trinajstić information content (AvgIpc) is 2.84. The molecule has 0 radical (unpaired) electrons. The summed E-state index contributed by atoms with van der Waals surface area (Å²) < 4.78 is 19.5. The lowest BCUT2D eigenvalue weighted by Crippen LogP contribution is -2.57. The zero-order valence-corrected chi connectivity index (χ0v) is 21.9. The highest BCUT2D eigenvalue weighted by Gasteiger charge is 2.41. The summed E-state index contributed by atoms with van der Waals surface area (Å²) in [5.41, 5.74) is 0.926. The maximum absolute atomic E-state index is 13.3. The normalized spacial score (nSPS) is 19.9. The smallest absolute Gasteiger partial charge is 0.324 e.